The van der Waals surface area contributed by atoms with Crippen molar-refractivity contribution < 1.29 is 28.4 Å². The Morgan fingerprint density at radius 2 is 1.86 bits per heavy atom. The maximum Gasteiger partial charge on any atom is 0.328 e. The first-order valence-electron chi connectivity index (χ1n) is 11.2. The van der Waals surface area contributed by atoms with Gasteiger partial charge in [-0.15, -0.1) is 0 Å². The number of hydrogen-bond donors (Lipinski definition) is 3. The van der Waals surface area contributed by atoms with Gasteiger partial charge in [0.2, 0.25) is 17.4 Å². The average molecular weight is 505 g/mol. The van der Waals surface area contributed by atoms with E-state index in [0.717, 1.165) is 0 Å². The smallest absolute Gasteiger partial charge is 0.328 e. The molecular formula is C22H25ClN6O6. The van der Waals surface area contributed by atoms with Gasteiger partial charge in [0.1, 0.15) is 10.5 Å². The predicted octanol–water partition coefficient (Wildman–Crippen LogP) is 1.30. The Morgan fingerprint density at radius 3 is 2.49 bits per heavy atom. The van der Waals surface area contributed by atoms with E-state index in [4.69, 9.17) is 20.9 Å². The molecule has 3 aliphatic rings. The Balaban J connectivity index is 1.72. The summed E-state index contributed by atoms with van der Waals surface area (Å²) in [5.74, 6) is -1.99. The fraction of sp³-hybridized carbons (Fsp3) is 0.545. The van der Waals surface area contributed by atoms with Crippen molar-refractivity contribution in [3.05, 3.63) is 16.4 Å². The molecule has 0 unspecified atom stereocenters. The summed E-state index contributed by atoms with van der Waals surface area (Å²) in [6, 6.07) is -1.66. The van der Waals surface area contributed by atoms with Gasteiger partial charge in [0, 0.05) is 18.5 Å². The third-order valence-electron chi connectivity index (χ3n) is 6.48. The van der Waals surface area contributed by atoms with Crippen LogP contribution in [0.3, 0.4) is 0 Å². The number of fused-ring (bicyclic) bond motifs is 5. The van der Waals surface area contributed by atoms with E-state index in [1.165, 1.54) is 0 Å². The first-order chi connectivity index (χ1) is 16.3. The van der Waals surface area contributed by atoms with E-state index >= 15 is 0 Å². The number of pyridine rings is 1. The molecule has 3 aliphatic heterocycles. The normalized spacial score (nSPS) is 25.7. The lowest BCUT2D eigenvalue weighted by molar-refractivity contribution is -0.153. The minimum atomic E-state index is -1.71. The quantitative estimate of drug-likeness (QED) is 0.487. The van der Waals surface area contributed by atoms with Crippen LogP contribution < -0.4 is 20.9 Å². The lowest BCUT2D eigenvalue weighted by Gasteiger charge is -2.55. The number of anilines is 1. The fourth-order valence-electron chi connectivity index (χ4n) is 5.31. The molecule has 1 spiro atoms. The maximum atomic E-state index is 13.3. The lowest BCUT2D eigenvalue weighted by Crippen LogP contribution is -2.75. The number of urea groups is 1. The Kier molecular flexibility index (Phi) is 5.12. The molecule has 186 valence electrons. The Labute approximate surface area is 205 Å². The lowest BCUT2D eigenvalue weighted by atomic mass is 9.67. The van der Waals surface area contributed by atoms with Crippen molar-refractivity contribution >= 4 is 52.1 Å². The number of nitrogens with zero attached hydrogens (tertiary/aromatic N) is 3. The van der Waals surface area contributed by atoms with E-state index in [2.05, 4.69) is 26.1 Å². The van der Waals surface area contributed by atoms with Crippen LogP contribution in [0.1, 0.15) is 50.8 Å². The molecule has 35 heavy (non-hydrogen) atoms. The van der Waals surface area contributed by atoms with E-state index in [1.807, 2.05) is 32.6 Å². The second-order valence-electron chi connectivity index (χ2n) is 10.3. The molecular weight excluding hydrogens is 480 g/mol. The zero-order valence-corrected chi connectivity index (χ0v) is 20.6. The van der Waals surface area contributed by atoms with Crippen LogP contribution in [-0.2, 0) is 20.7 Å². The summed E-state index contributed by atoms with van der Waals surface area (Å²) in [4.78, 5) is 57.7. The minimum absolute atomic E-state index is 0.0627. The van der Waals surface area contributed by atoms with Crippen LogP contribution in [0.2, 0.25) is 5.02 Å². The first kappa shape index (κ1) is 23.5. The standard InChI is InChI=1S/C22H25ClN6O6/c1-8-7-29-14-10(6-22(16(29)9(2)34-8)18(31)25-20(33)26-19(22)32)24-12-13(17(30)27-21(3,4)5)28-35-15(12)11(14)23/h8-9,16H,6-7H2,1-5H3,(H,27,30)(H2,25,26,31,32,33)/t8-,9+,16-/m0/s1. The second-order valence-corrected chi connectivity index (χ2v) is 10.6. The van der Waals surface area contributed by atoms with Gasteiger partial charge >= 0.3 is 6.03 Å². The molecule has 3 N–H and O–H groups in total. The second kappa shape index (κ2) is 7.62. The highest BCUT2D eigenvalue weighted by molar-refractivity contribution is 6.38. The fourth-order valence-corrected chi connectivity index (χ4v) is 5.65. The molecule has 5 amide bonds. The van der Waals surface area contributed by atoms with Crippen LogP contribution in [0.5, 0.6) is 0 Å². The number of nitrogens with one attached hydrogen (secondary N) is 3. The van der Waals surface area contributed by atoms with Crippen molar-refractivity contribution in [3.8, 4) is 0 Å². The number of aromatic nitrogens is 2. The highest BCUT2D eigenvalue weighted by Gasteiger charge is 2.63. The van der Waals surface area contributed by atoms with Crippen LogP contribution in [0.15, 0.2) is 4.52 Å². The van der Waals surface area contributed by atoms with E-state index < -0.39 is 46.9 Å². The molecule has 0 saturated carbocycles. The number of barbiturate groups is 1. The molecule has 2 saturated heterocycles. The number of imide groups is 2. The van der Waals surface area contributed by atoms with Crippen molar-refractivity contribution in [3.63, 3.8) is 0 Å². The Hall–Kier alpha value is -3.25. The average Bonchev–Trinajstić information content (AvgIpc) is 3.14. The van der Waals surface area contributed by atoms with Crippen LogP contribution in [0.25, 0.3) is 11.1 Å². The van der Waals surface area contributed by atoms with E-state index in [1.54, 1.807) is 6.92 Å². The van der Waals surface area contributed by atoms with Gasteiger partial charge in [0.05, 0.1) is 29.6 Å². The van der Waals surface area contributed by atoms with Gasteiger partial charge in [-0.25, -0.2) is 9.78 Å². The SMILES string of the molecule is C[C@H]1CN2c3c(nc4c(C(=O)NC(C)(C)C)noc4c3Cl)CC3(C(=O)NC(=O)NC3=O)[C@@H]2[C@@H](C)O1. The largest absolute Gasteiger partial charge is 0.372 e. The van der Waals surface area contributed by atoms with Gasteiger partial charge in [-0.3, -0.25) is 25.0 Å². The molecule has 2 aromatic heterocycles. The molecule has 3 atom stereocenters. The van der Waals surface area contributed by atoms with Gasteiger partial charge in [0.25, 0.3) is 5.91 Å². The van der Waals surface area contributed by atoms with Crippen molar-refractivity contribution in [2.45, 2.75) is 64.8 Å². The molecule has 12 nitrogen and oxygen atoms in total. The molecule has 0 bridgehead atoms. The van der Waals surface area contributed by atoms with Crippen LogP contribution >= 0.6 is 11.6 Å². The Morgan fingerprint density at radius 1 is 1.20 bits per heavy atom. The maximum absolute atomic E-state index is 13.3. The molecule has 5 rings (SSSR count). The van der Waals surface area contributed by atoms with Gasteiger partial charge < -0.3 is 19.5 Å². The van der Waals surface area contributed by atoms with Crippen molar-refractivity contribution in [1.29, 1.82) is 0 Å². The number of ether oxygens (including phenoxy) is 1. The van der Waals surface area contributed by atoms with Crippen molar-refractivity contribution in [2.75, 3.05) is 11.4 Å². The topological polar surface area (TPSA) is 156 Å². The number of rotatable bonds is 1. The van der Waals surface area contributed by atoms with Gasteiger partial charge in [-0.05, 0) is 34.6 Å². The van der Waals surface area contributed by atoms with Gasteiger partial charge in [-0.2, -0.15) is 0 Å². The number of hydrogen-bond acceptors (Lipinski definition) is 9. The number of carbonyl (C=O) groups is 4. The van der Waals surface area contributed by atoms with Crippen molar-refractivity contribution in [1.82, 2.24) is 26.1 Å². The number of amides is 5. The number of morpholine rings is 1. The number of carbonyl (C=O) groups excluding carboxylic acids is 4. The van der Waals surface area contributed by atoms with Gasteiger partial charge in [0.15, 0.2) is 11.1 Å². The van der Waals surface area contributed by atoms with Gasteiger partial charge in [-0.1, -0.05) is 16.8 Å². The predicted molar refractivity (Wildman–Crippen MR) is 123 cm³/mol. The highest BCUT2D eigenvalue weighted by atomic mass is 35.5. The van der Waals surface area contributed by atoms with Crippen LogP contribution in [-0.4, -0.2) is 64.2 Å². The third kappa shape index (κ3) is 3.46. The zero-order chi connectivity index (χ0) is 25.4. The van der Waals surface area contributed by atoms with E-state index in [0.29, 0.717) is 17.9 Å². The summed E-state index contributed by atoms with van der Waals surface area (Å²) < 4.78 is 11.4. The monoisotopic (exact) mass is 504 g/mol. The molecule has 2 aromatic rings. The molecule has 5 heterocycles. The molecule has 13 heteroatoms. The highest BCUT2D eigenvalue weighted by Crippen LogP contribution is 2.50. The molecule has 2 fully saturated rings. The van der Waals surface area contributed by atoms with E-state index in [9.17, 15) is 19.2 Å². The van der Waals surface area contributed by atoms with Crippen molar-refractivity contribution in [2.24, 2.45) is 5.41 Å². The summed E-state index contributed by atoms with van der Waals surface area (Å²) >= 11 is 6.81. The van der Waals surface area contributed by atoms with E-state index in [-0.39, 0.29) is 34.3 Å². The summed E-state index contributed by atoms with van der Waals surface area (Å²) in [5, 5.41) is 11.3. The molecule has 0 aromatic carbocycles. The Bertz CT molecular complexity index is 1280. The zero-order valence-electron chi connectivity index (χ0n) is 19.8. The number of halogens is 1. The summed E-state index contributed by atoms with van der Waals surface area (Å²) in [6.07, 6.45) is -0.987. The summed E-state index contributed by atoms with van der Waals surface area (Å²) in [6.45, 7) is 9.39. The minimum Gasteiger partial charge on any atom is -0.372 e. The summed E-state index contributed by atoms with van der Waals surface area (Å²) in [5.41, 5.74) is -1.28. The first-order valence-corrected chi connectivity index (χ1v) is 11.6. The molecule has 0 aliphatic carbocycles. The molecule has 0 radical (unpaired) electrons. The van der Waals surface area contributed by atoms with Crippen LogP contribution in [0.4, 0.5) is 10.5 Å². The third-order valence-corrected chi connectivity index (χ3v) is 6.83. The summed E-state index contributed by atoms with van der Waals surface area (Å²) in [7, 11) is 0. The van der Waals surface area contributed by atoms with Crippen LogP contribution in [0, 0.1) is 5.41 Å².